The summed E-state index contributed by atoms with van der Waals surface area (Å²) in [4.78, 5) is 11.8. The minimum absolute atomic E-state index is 0.128. The van der Waals surface area contributed by atoms with Crippen LogP contribution in [0.2, 0.25) is 0 Å². The van der Waals surface area contributed by atoms with E-state index >= 15 is 0 Å². The Kier molecular flexibility index (Phi) is 3.77. The molecule has 1 aromatic heterocycles. The molecule has 0 unspecified atom stereocenters. The zero-order chi connectivity index (χ0) is 15.0. The van der Waals surface area contributed by atoms with Crippen molar-refractivity contribution in [1.82, 2.24) is 4.98 Å². The smallest absolute Gasteiger partial charge is 0.505 e. The summed E-state index contributed by atoms with van der Waals surface area (Å²) in [6, 6.07) is 0.128. The molecule has 0 aromatic carbocycles. The minimum atomic E-state index is -5.35. The zero-order valence-electron chi connectivity index (χ0n) is 8.38. The number of alkyl halides is 3. The highest BCUT2D eigenvalue weighted by molar-refractivity contribution is 8.13. The lowest BCUT2D eigenvalue weighted by Crippen LogP contribution is -2.19. The van der Waals surface area contributed by atoms with Gasteiger partial charge >= 0.3 is 17.9 Å². The van der Waals surface area contributed by atoms with Crippen molar-refractivity contribution in [2.75, 3.05) is 0 Å². The molecule has 0 atom stereocenters. The molecule has 8 nitrogen and oxygen atoms in total. The molecule has 1 rings (SSSR count). The molecular weight excluding hydrogens is 321 g/mol. The fourth-order valence-corrected chi connectivity index (χ4v) is 1.80. The van der Waals surface area contributed by atoms with Gasteiger partial charge in [0, 0.05) is 10.7 Å². The van der Waals surface area contributed by atoms with Gasteiger partial charge in [-0.15, -0.1) is 13.2 Å². The van der Waals surface area contributed by atoms with Gasteiger partial charge in [-0.25, -0.2) is 8.42 Å². The molecule has 13 heteroatoms. The molecule has 0 aliphatic heterocycles. The summed E-state index contributed by atoms with van der Waals surface area (Å²) in [5.74, 6) is -2.94. The van der Waals surface area contributed by atoms with Gasteiger partial charge in [0.2, 0.25) is 5.03 Å². The van der Waals surface area contributed by atoms with E-state index in [1.807, 2.05) is 0 Å². The average Bonchev–Trinajstić information content (AvgIpc) is 2.15. The van der Waals surface area contributed by atoms with Gasteiger partial charge < -0.3 is 9.84 Å². The summed E-state index contributed by atoms with van der Waals surface area (Å²) >= 11 is 0. The third-order valence-corrected chi connectivity index (χ3v) is 2.76. The molecule has 19 heavy (non-hydrogen) atoms. The van der Waals surface area contributed by atoms with Crippen molar-refractivity contribution in [1.29, 1.82) is 0 Å². The third kappa shape index (κ3) is 3.82. The summed E-state index contributed by atoms with van der Waals surface area (Å²) in [5, 5.41) is 18.2. The van der Waals surface area contributed by atoms with Gasteiger partial charge in [0.15, 0.2) is 5.75 Å². The van der Waals surface area contributed by atoms with Gasteiger partial charge in [0.05, 0.1) is 11.0 Å². The summed E-state index contributed by atoms with van der Waals surface area (Å²) < 4.78 is 60.9. The zero-order valence-corrected chi connectivity index (χ0v) is 9.95. The van der Waals surface area contributed by atoms with Crippen LogP contribution in [-0.4, -0.2) is 29.8 Å². The molecule has 0 radical (unpaired) electrons. The number of hydrogen-bond acceptors (Lipinski definition) is 7. The molecule has 1 N–H and O–H groups in total. The molecule has 0 bridgehead atoms. The highest BCUT2D eigenvalue weighted by atomic mass is 35.7. The molecule has 1 aromatic rings. The number of nitro groups is 1. The van der Waals surface area contributed by atoms with E-state index in [0.717, 1.165) is 0 Å². The van der Waals surface area contributed by atoms with Gasteiger partial charge in [0.25, 0.3) is 9.05 Å². The van der Waals surface area contributed by atoms with Crippen molar-refractivity contribution in [3.05, 3.63) is 16.2 Å². The van der Waals surface area contributed by atoms with Crippen LogP contribution in [0.3, 0.4) is 0 Å². The standard InChI is InChI=1S/C6H2ClF3N2O6S/c7-19(16,17)5-3(13)1-2(12(14)15)4(11-5)18-6(8,9)10/h1,13H. The average molecular weight is 323 g/mol. The van der Waals surface area contributed by atoms with Crippen LogP contribution in [-0.2, 0) is 9.05 Å². The van der Waals surface area contributed by atoms with Crippen molar-refractivity contribution < 1.29 is 36.4 Å². The number of nitrogens with zero attached hydrogens (tertiary/aromatic N) is 2. The maximum atomic E-state index is 12.0. The maximum Gasteiger partial charge on any atom is 0.574 e. The molecular formula is C6H2ClF3N2O6S. The van der Waals surface area contributed by atoms with Gasteiger partial charge in [-0.1, -0.05) is 0 Å². The van der Waals surface area contributed by atoms with Gasteiger partial charge in [0.1, 0.15) is 0 Å². The van der Waals surface area contributed by atoms with E-state index in [1.54, 1.807) is 0 Å². The van der Waals surface area contributed by atoms with Crippen LogP contribution in [0, 0.1) is 10.1 Å². The first-order valence-corrected chi connectivity index (χ1v) is 6.31. The Bertz CT molecular complexity index is 631. The number of ether oxygens (including phenoxy) is 1. The predicted octanol–water partition coefficient (Wildman–Crippen LogP) is 1.52. The highest BCUT2D eigenvalue weighted by Crippen LogP contribution is 2.36. The van der Waals surface area contributed by atoms with Crippen molar-refractivity contribution in [2.24, 2.45) is 0 Å². The van der Waals surface area contributed by atoms with Crippen LogP contribution in [0.5, 0.6) is 11.6 Å². The molecule has 0 spiro atoms. The second-order valence-corrected chi connectivity index (χ2v) is 5.36. The lowest BCUT2D eigenvalue weighted by atomic mass is 10.4. The Labute approximate surface area is 107 Å². The molecule has 0 fully saturated rings. The fourth-order valence-electron chi connectivity index (χ4n) is 0.955. The highest BCUT2D eigenvalue weighted by Gasteiger charge is 2.37. The second kappa shape index (κ2) is 4.70. The lowest BCUT2D eigenvalue weighted by Gasteiger charge is -2.09. The molecule has 0 amide bonds. The van der Waals surface area contributed by atoms with Crippen LogP contribution < -0.4 is 4.74 Å². The van der Waals surface area contributed by atoms with E-state index in [2.05, 4.69) is 9.72 Å². The van der Waals surface area contributed by atoms with Crippen molar-refractivity contribution in [2.45, 2.75) is 11.4 Å². The summed E-state index contributed by atoms with van der Waals surface area (Å²) in [7, 11) is 0.0691. The SMILES string of the molecule is O=[N+]([O-])c1cc(O)c(S(=O)(=O)Cl)nc1OC(F)(F)F. The molecule has 1 heterocycles. The maximum absolute atomic E-state index is 12.0. The van der Waals surface area contributed by atoms with E-state index in [4.69, 9.17) is 15.8 Å². The van der Waals surface area contributed by atoms with Crippen molar-refractivity contribution in [3.63, 3.8) is 0 Å². The molecule has 106 valence electrons. The van der Waals surface area contributed by atoms with E-state index in [1.165, 1.54) is 0 Å². The Morgan fingerprint density at radius 1 is 1.47 bits per heavy atom. The summed E-state index contributed by atoms with van der Waals surface area (Å²) in [6.07, 6.45) is -5.35. The molecule has 0 aliphatic rings. The Hall–Kier alpha value is -1.82. The van der Waals surface area contributed by atoms with E-state index in [-0.39, 0.29) is 6.07 Å². The quantitative estimate of drug-likeness (QED) is 0.509. The van der Waals surface area contributed by atoms with Crippen LogP contribution >= 0.6 is 10.7 Å². The molecule has 0 saturated heterocycles. The number of aromatic nitrogens is 1. The Morgan fingerprint density at radius 2 is 2.00 bits per heavy atom. The minimum Gasteiger partial charge on any atom is -0.505 e. The second-order valence-electron chi connectivity index (χ2n) is 2.88. The first-order valence-electron chi connectivity index (χ1n) is 4.00. The van der Waals surface area contributed by atoms with Crippen molar-refractivity contribution >= 4 is 25.4 Å². The summed E-state index contributed by atoms with van der Waals surface area (Å²) in [5.41, 5.74) is -1.38. The van der Waals surface area contributed by atoms with Crippen LogP contribution in [0.4, 0.5) is 18.9 Å². The third-order valence-electron chi connectivity index (χ3n) is 1.55. The van der Waals surface area contributed by atoms with E-state index in [0.29, 0.717) is 0 Å². The van der Waals surface area contributed by atoms with Gasteiger partial charge in [-0.05, 0) is 0 Å². The van der Waals surface area contributed by atoms with Crippen LogP contribution in [0.15, 0.2) is 11.1 Å². The van der Waals surface area contributed by atoms with E-state index < -0.39 is 42.7 Å². The Morgan fingerprint density at radius 3 is 2.37 bits per heavy atom. The summed E-state index contributed by atoms with van der Waals surface area (Å²) in [6.45, 7) is 0. The number of rotatable bonds is 3. The van der Waals surface area contributed by atoms with Gasteiger partial charge in [-0.3, -0.25) is 10.1 Å². The lowest BCUT2D eigenvalue weighted by molar-refractivity contribution is -0.389. The number of aromatic hydroxyl groups is 1. The fraction of sp³-hybridized carbons (Fsp3) is 0.167. The number of hydrogen-bond donors (Lipinski definition) is 1. The van der Waals surface area contributed by atoms with Crippen LogP contribution in [0.25, 0.3) is 0 Å². The largest absolute Gasteiger partial charge is 0.574 e. The molecule has 0 saturated carbocycles. The number of halogens is 4. The topological polar surface area (TPSA) is 120 Å². The van der Waals surface area contributed by atoms with Gasteiger partial charge in [-0.2, -0.15) is 4.98 Å². The monoisotopic (exact) mass is 322 g/mol. The first kappa shape index (κ1) is 15.2. The number of pyridine rings is 1. The Balaban J connectivity index is 3.53. The van der Waals surface area contributed by atoms with Crippen LogP contribution in [0.1, 0.15) is 0 Å². The first-order chi connectivity index (χ1) is 8.42. The normalized spacial score (nSPS) is 12.2. The van der Waals surface area contributed by atoms with E-state index in [9.17, 15) is 31.7 Å². The molecule has 0 aliphatic carbocycles. The predicted molar refractivity (Wildman–Crippen MR) is 52.3 cm³/mol. The van der Waals surface area contributed by atoms with Crippen molar-refractivity contribution in [3.8, 4) is 11.6 Å².